The number of aryl methyl sites for hydroxylation is 3. The highest BCUT2D eigenvalue weighted by atomic mass is 15.3. The first-order valence-corrected chi connectivity index (χ1v) is 6.41. The van der Waals surface area contributed by atoms with Crippen LogP contribution in [0.15, 0.2) is 30.3 Å². The Morgan fingerprint density at radius 3 is 2.72 bits per heavy atom. The van der Waals surface area contributed by atoms with Crippen molar-refractivity contribution in [2.75, 3.05) is 6.54 Å². The minimum Gasteiger partial charge on any atom is -0.311 e. The number of aromatic nitrogens is 2. The Labute approximate surface area is 109 Å². The van der Waals surface area contributed by atoms with Crippen molar-refractivity contribution in [3.63, 3.8) is 0 Å². The predicted molar refractivity (Wildman–Crippen MR) is 74.5 cm³/mol. The van der Waals surface area contributed by atoms with Crippen LogP contribution in [0.5, 0.6) is 0 Å². The molecule has 0 saturated carbocycles. The highest BCUT2D eigenvalue weighted by Crippen LogP contribution is 2.04. The average Bonchev–Trinajstić information content (AvgIpc) is 2.64. The fourth-order valence-corrected chi connectivity index (χ4v) is 2.15. The molecule has 18 heavy (non-hydrogen) atoms. The number of hydrogen-bond donors (Lipinski definition) is 1. The second-order valence-corrected chi connectivity index (χ2v) is 4.82. The van der Waals surface area contributed by atoms with Crippen LogP contribution in [0.1, 0.15) is 22.5 Å². The highest BCUT2D eigenvalue weighted by Gasteiger charge is 2.01. The van der Waals surface area contributed by atoms with Crippen molar-refractivity contribution in [2.24, 2.45) is 7.05 Å². The maximum absolute atomic E-state index is 4.34. The van der Waals surface area contributed by atoms with E-state index in [1.54, 1.807) is 0 Å². The second kappa shape index (κ2) is 5.83. The lowest BCUT2D eigenvalue weighted by molar-refractivity contribution is 0.624. The maximum Gasteiger partial charge on any atom is 0.0597 e. The molecular weight excluding hydrogens is 222 g/mol. The first-order valence-electron chi connectivity index (χ1n) is 6.41. The van der Waals surface area contributed by atoms with Crippen LogP contribution in [0.25, 0.3) is 0 Å². The molecule has 2 aromatic rings. The zero-order valence-electron chi connectivity index (χ0n) is 11.4. The summed E-state index contributed by atoms with van der Waals surface area (Å²) in [6.07, 6.45) is 1.07. The van der Waals surface area contributed by atoms with Crippen molar-refractivity contribution in [1.82, 2.24) is 15.1 Å². The monoisotopic (exact) mass is 243 g/mol. The zero-order chi connectivity index (χ0) is 13.0. The summed E-state index contributed by atoms with van der Waals surface area (Å²) in [7, 11) is 1.99. The predicted octanol–water partition coefficient (Wildman–Crippen LogP) is 2.37. The summed E-state index contributed by atoms with van der Waals surface area (Å²) in [5.74, 6) is 0. The molecule has 0 aliphatic carbocycles. The zero-order valence-corrected chi connectivity index (χ0v) is 11.4. The molecule has 0 aliphatic rings. The van der Waals surface area contributed by atoms with E-state index in [0.29, 0.717) is 0 Å². The Morgan fingerprint density at radius 1 is 1.22 bits per heavy atom. The smallest absolute Gasteiger partial charge is 0.0597 e. The van der Waals surface area contributed by atoms with Gasteiger partial charge in [0.1, 0.15) is 0 Å². The molecule has 0 bridgehead atoms. The van der Waals surface area contributed by atoms with Gasteiger partial charge in [0.25, 0.3) is 0 Å². The van der Waals surface area contributed by atoms with Crippen LogP contribution < -0.4 is 5.32 Å². The molecule has 0 spiro atoms. The van der Waals surface area contributed by atoms with Crippen molar-refractivity contribution >= 4 is 0 Å². The Morgan fingerprint density at radius 2 is 2.06 bits per heavy atom. The molecule has 0 radical (unpaired) electrons. The van der Waals surface area contributed by atoms with Crippen LogP contribution in [-0.4, -0.2) is 16.3 Å². The number of benzene rings is 1. The van der Waals surface area contributed by atoms with Gasteiger partial charge in [0.05, 0.1) is 11.4 Å². The summed E-state index contributed by atoms with van der Waals surface area (Å²) in [6, 6.07) is 10.8. The van der Waals surface area contributed by atoms with E-state index in [0.717, 1.165) is 25.2 Å². The molecule has 0 amide bonds. The van der Waals surface area contributed by atoms with E-state index >= 15 is 0 Å². The summed E-state index contributed by atoms with van der Waals surface area (Å²) >= 11 is 0. The Kier molecular flexibility index (Phi) is 4.15. The Balaban J connectivity index is 1.78. The molecular formula is C15H21N3. The van der Waals surface area contributed by atoms with Crippen molar-refractivity contribution in [3.05, 3.63) is 52.8 Å². The highest BCUT2D eigenvalue weighted by molar-refractivity contribution is 5.22. The molecule has 96 valence electrons. The van der Waals surface area contributed by atoms with E-state index in [9.17, 15) is 0 Å². The van der Waals surface area contributed by atoms with Gasteiger partial charge in [-0.25, -0.2) is 0 Å². The Bertz CT molecular complexity index is 514. The quantitative estimate of drug-likeness (QED) is 0.817. The second-order valence-electron chi connectivity index (χ2n) is 4.82. The van der Waals surface area contributed by atoms with E-state index in [1.165, 1.54) is 16.8 Å². The van der Waals surface area contributed by atoms with Crippen molar-refractivity contribution in [3.8, 4) is 0 Å². The lowest BCUT2D eigenvalue weighted by atomic mass is 10.1. The molecule has 3 heteroatoms. The van der Waals surface area contributed by atoms with Gasteiger partial charge in [-0.3, -0.25) is 4.68 Å². The molecule has 2 rings (SSSR count). The van der Waals surface area contributed by atoms with Gasteiger partial charge in [0.2, 0.25) is 0 Å². The summed E-state index contributed by atoms with van der Waals surface area (Å²) < 4.78 is 1.94. The summed E-state index contributed by atoms with van der Waals surface area (Å²) in [6.45, 7) is 6.03. The summed E-state index contributed by atoms with van der Waals surface area (Å²) in [5.41, 5.74) is 5.03. The minimum atomic E-state index is 0.878. The van der Waals surface area contributed by atoms with E-state index in [-0.39, 0.29) is 0 Å². The normalized spacial score (nSPS) is 10.8. The molecule has 0 fully saturated rings. The molecule has 1 aromatic carbocycles. The van der Waals surface area contributed by atoms with E-state index in [2.05, 4.69) is 47.7 Å². The van der Waals surface area contributed by atoms with Crippen molar-refractivity contribution in [1.29, 1.82) is 0 Å². The Hall–Kier alpha value is -1.61. The molecule has 0 atom stereocenters. The number of nitrogens with one attached hydrogen (secondary N) is 1. The van der Waals surface area contributed by atoms with Gasteiger partial charge in [-0.05, 0) is 38.4 Å². The third kappa shape index (κ3) is 3.44. The number of nitrogens with zero attached hydrogens (tertiary/aromatic N) is 2. The van der Waals surface area contributed by atoms with Gasteiger partial charge in [0.15, 0.2) is 0 Å². The first kappa shape index (κ1) is 12.8. The van der Waals surface area contributed by atoms with Gasteiger partial charge in [-0.1, -0.05) is 29.8 Å². The lowest BCUT2D eigenvalue weighted by Gasteiger charge is -2.06. The third-order valence-corrected chi connectivity index (χ3v) is 3.08. The fourth-order valence-electron chi connectivity index (χ4n) is 2.15. The van der Waals surface area contributed by atoms with Crippen LogP contribution in [0.4, 0.5) is 0 Å². The van der Waals surface area contributed by atoms with E-state index in [4.69, 9.17) is 0 Å². The molecule has 3 nitrogen and oxygen atoms in total. The molecule has 0 unspecified atom stereocenters. The van der Waals surface area contributed by atoms with Gasteiger partial charge in [0, 0.05) is 13.6 Å². The SMILES string of the molecule is Cc1cccc(CCNCc2cc(C)nn2C)c1. The van der Waals surface area contributed by atoms with E-state index in [1.807, 2.05) is 18.7 Å². The van der Waals surface area contributed by atoms with E-state index < -0.39 is 0 Å². The van der Waals surface area contributed by atoms with Crippen LogP contribution in [0.3, 0.4) is 0 Å². The third-order valence-electron chi connectivity index (χ3n) is 3.08. The maximum atomic E-state index is 4.34. The average molecular weight is 243 g/mol. The lowest BCUT2D eigenvalue weighted by Crippen LogP contribution is -2.18. The van der Waals surface area contributed by atoms with Crippen LogP contribution in [-0.2, 0) is 20.0 Å². The fraction of sp³-hybridized carbons (Fsp3) is 0.400. The minimum absolute atomic E-state index is 0.878. The van der Waals surface area contributed by atoms with Crippen LogP contribution >= 0.6 is 0 Å². The van der Waals surface area contributed by atoms with Gasteiger partial charge < -0.3 is 5.32 Å². The van der Waals surface area contributed by atoms with Crippen LogP contribution in [0, 0.1) is 13.8 Å². The largest absolute Gasteiger partial charge is 0.311 e. The molecule has 1 heterocycles. The standard InChI is InChI=1S/C15H21N3/c1-12-5-4-6-14(9-12)7-8-16-11-15-10-13(2)17-18(15)3/h4-6,9-10,16H,7-8,11H2,1-3H3. The van der Waals surface area contributed by atoms with Gasteiger partial charge in [-0.2, -0.15) is 5.10 Å². The molecule has 0 aliphatic heterocycles. The summed E-state index contributed by atoms with van der Waals surface area (Å²) in [4.78, 5) is 0. The topological polar surface area (TPSA) is 29.9 Å². The van der Waals surface area contributed by atoms with Crippen LogP contribution in [0.2, 0.25) is 0 Å². The first-order chi connectivity index (χ1) is 8.65. The van der Waals surface area contributed by atoms with Gasteiger partial charge >= 0.3 is 0 Å². The van der Waals surface area contributed by atoms with Gasteiger partial charge in [-0.15, -0.1) is 0 Å². The number of hydrogen-bond acceptors (Lipinski definition) is 2. The summed E-state index contributed by atoms with van der Waals surface area (Å²) in [5, 5.41) is 7.80. The molecule has 0 saturated heterocycles. The number of rotatable bonds is 5. The molecule has 1 aromatic heterocycles. The van der Waals surface area contributed by atoms with Crippen molar-refractivity contribution in [2.45, 2.75) is 26.8 Å². The molecule has 1 N–H and O–H groups in total. The van der Waals surface area contributed by atoms with Crippen molar-refractivity contribution < 1.29 is 0 Å².